The Morgan fingerprint density at radius 1 is 1.43 bits per heavy atom. The fourth-order valence-corrected chi connectivity index (χ4v) is 6.32. The molecule has 0 aromatic carbocycles. The third-order valence-electron chi connectivity index (χ3n) is 5.04. The maximum atomic E-state index is 12.2. The van der Waals surface area contributed by atoms with E-state index in [2.05, 4.69) is 27.4 Å². The molecule has 1 amide bonds. The van der Waals surface area contributed by atoms with Crippen LogP contribution in [0.2, 0.25) is 0 Å². The van der Waals surface area contributed by atoms with Crippen LogP contribution in [0.25, 0.3) is 15.9 Å². The highest BCUT2D eigenvalue weighted by Crippen LogP contribution is 2.39. The molecule has 0 fully saturated rings. The molecule has 0 radical (unpaired) electrons. The van der Waals surface area contributed by atoms with Gasteiger partial charge < -0.3 is 5.32 Å². The van der Waals surface area contributed by atoms with Gasteiger partial charge in [0.25, 0.3) is 0 Å². The van der Waals surface area contributed by atoms with Crippen LogP contribution in [-0.4, -0.2) is 31.2 Å². The third-order valence-corrected chi connectivity index (χ3v) is 8.03. The van der Waals surface area contributed by atoms with Crippen molar-refractivity contribution in [2.45, 2.75) is 37.9 Å². The molecule has 0 saturated carbocycles. The first-order chi connectivity index (χ1) is 13.7. The topological polar surface area (TPSA) is 72.2 Å². The van der Waals surface area contributed by atoms with Gasteiger partial charge in [-0.15, -0.1) is 32.9 Å². The number of hydrogen-bond donors (Lipinski definition) is 1. The molecule has 1 aliphatic rings. The lowest BCUT2D eigenvalue weighted by atomic mass is 9.89. The van der Waals surface area contributed by atoms with Crippen LogP contribution < -0.4 is 5.32 Å². The highest BCUT2D eigenvalue weighted by molar-refractivity contribution is 7.99. The van der Waals surface area contributed by atoms with Gasteiger partial charge in [-0.2, -0.15) is 0 Å². The van der Waals surface area contributed by atoms with Gasteiger partial charge in [0.2, 0.25) is 5.91 Å². The van der Waals surface area contributed by atoms with Gasteiger partial charge in [0, 0.05) is 9.75 Å². The zero-order valence-corrected chi connectivity index (χ0v) is 17.8. The number of amides is 1. The number of thioether (sulfide) groups is 1. The second-order valence-electron chi connectivity index (χ2n) is 7.10. The summed E-state index contributed by atoms with van der Waals surface area (Å²) in [6.45, 7) is 2.88. The molecule has 6 nitrogen and oxygen atoms in total. The smallest absolute Gasteiger partial charge is 0.230 e. The molecule has 1 atom stereocenters. The van der Waals surface area contributed by atoms with Crippen molar-refractivity contribution in [3.8, 4) is 0 Å². The van der Waals surface area contributed by atoms with Gasteiger partial charge in [-0.25, -0.2) is 4.98 Å². The van der Waals surface area contributed by atoms with E-state index in [0.717, 1.165) is 39.5 Å². The van der Waals surface area contributed by atoms with Crippen molar-refractivity contribution >= 4 is 56.2 Å². The van der Waals surface area contributed by atoms with E-state index in [4.69, 9.17) is 0 Å². The Kier molecular flexibility index (Phi) is 4.82. The molecule has 0 aliphatic heterocycles. The number of hydrogen-bond acceptors (Lipinski definition) is 7. The minimum absolute atomic E-state index is 0.00825. The average molecular weight is 430 g/mol. The number of thiophene rings is 2. The van der Waals surface area contributed by atoms with Crippen molar-refractivity contribution < 1.29 is 4.79 Å². The minimum Gasteiger partial charge on any atom is -0.350 e. The molecule has 0 saturated heterocycles. The van der Waals surface area contributed by atoms with E-state index < -0.39 is 0 Å². The summed E-state index contributed by atoms with van der Waals surface area (Å²) in [5, 5.41) is 15.6. The maximum absolute atomic E-state index is 12.2. The lowest BCUT2D eigenvalue weighted by Crippen LogP contribution is -2.24. The number of fused-ring (bicyclic) bond motifs is 5. The minimum atomic E-state index is -0.00825. The quantitative estimate of drug-likeness (QED) is 0.487. The van der Waals surface area contributed by atoms with Crippen LogP contribution in [-0.2, 0) is 24.2 Å². The summed E-state index contributed by atoms with van der Waals surface area (Å²) in [6.07, 6.45) is 5.20. The predicted molar refractivity (Wildman–Crippen MR) is 114 cm³/mol. The molecule has 28 heavy (non-hydrogen) atoms. The molecule has 4 aromatic rings. The van der Waals surface area contributed by atoms with Crippen molar-refractivity contribution in [1.82, 2.24) is 24.9 Å². The fraction of sp³-hybridized carbons (Fsp3) is 0.368. The molecule has 1 aliphatic carbocycles. The van der Waals surface area contributed by atoms with E-state index in [1.807, 2.05) is 21.9 Å². The first-order valence-electron chi connectivity index (χ1n) is 9.25. The van der Waals surface area contributed by atoms with Gasteiger partial charge in [0.1, 0.15) is 11.2 Å². The van der Waals surface area contributed by atoms with E-state index in [1.165, 1.54) is 28.6 Å². The molecular formula is C19H19N5OS3. The molecule has 9 heteroatoms. The highest BCUT2D eigenvalue weighted by Gasteiger charge is 2.24. The maximum Gasteiger partial charge on any atom is 0.230 e. The van der Waals surface area contributed by atoms with Crippen molar-refractivity contribution in [2.24, 2.45) is 5.92 Å². The normalized spacial score (nSPS) is 16.5. The second-order valence-corrected chi connectivity index (χ2v) is 10.2. The van der Waals surface area contributed by atoms with Crippen molar-refractivity contribution in [3.05, 3.63) is 39.2 Å². The van der Waals surface area contributed by atoms with Crippen LogP contribution in [0, 0.1) is 5.92 Å². The summed E-state index contributed by atoms with van der Waals surface area (Å²) in [5.41, 5.74) is 2.26. The van der Waals surface area contributed by atoms with E-state index >= 15 is 0 Å². The third kappa shape index (κ3) is 3.31. The number of carbonyl (C=O) groups is 1. The SMILES string of the molecule is C[C@H]1CCc2c(sc3ncn4c(SCC(=O)NCc5cccs5)nnc4c23)C1. The summed E-state index contributed by atoms with van der Waals surface area (Å²) in [7, 11) is 0. The molecule has 0 spiro atoms. The van der Waals surface area contributed by atoms with Gasteiger partial charge in [-0.1, -0.05) is 24.8 Å². The van der Waals surface area contributed by atoms with Crippen LogP contribution in [0.5, 0.6) is 0 Å². The summed E-state index contributed by atoms with van der Waals surface area (Å²) in [4.78, 5) is 20.5. The highest BCUT2D eigenvalue weighted by atomic mass is 32.2. The number of carbonyl (C=O) groups excluding carboxylic acids is 1. The van der Waals surface area contributed by atoms with Crippen LogP contribution in [0.3, 0.4) is 0 Å². The number of nitrogens with zero attached hydrogens (tertiary/aromatic N) is 4. The van der Waals surface area contributed by atoms with E-state index in [0.29, 0.717) is 17.5 Å². The zero-order valence-electron chi connectivity index (χ0n) is 15.3. The Morgan fingerprint density at radius 3 is 3.21 bits per heavy atom. The summed E-state index contributed by atoms with van der Waals surface area (Å²) >= 11 is 4.82. The first-order valence-corrected chi connectivity index (χ1v) is 11.9. The monoisotopic (exact) mass is 429 g/mol. The van der Waals surface area contributed by atoms with Gasteiger partial charge in [-0.3, -0.25) is 9.20 Å². The number of rotatable bonds is 5. The van der Waals surface area contributed by atoms with Gasteiger partial charge in [-0.05, 0) is 42.2 Å². The number of aromatic nitrogens is 4. The van der Waals surface area contributed by atoms with Crippen molar-refractivity contribution in [3.63, 3.8) is 0 Å². The number of nitrogens with one attached hydrogen (secondary N) is 1. The Labute approximate surface area is 174 Å². The molecule has 144 valence electrons. The largest absolute Gasteiger partial charge is 0.350 e. The Bertz CT molecular complexity index is 1150. The van der Waals surface area contributed by atoms with E-state index in [-0.39, 0.29) is 5.91 Å². The standard InChI is InChI=1S/C19H19N5OS3/c1-11-4-5-13-14(7-11)28-18-16(13)17-22-23-19(24(17)10-21-18)27-9-15(25)20-8-12-3-2-6-26-12/h2-3,6,10-11H,4-5,7-9H2,1H3,(H,20,25)/t11-/m0/s1. The average Bonchev–Trinajstić information content (AvgIpc) is 3.41. The second kappa shape index (κ2) is 7.46. The summed E-state index contributed by atoms with van der Waals surface area (Å²) in [6, 6.07) is 4.00. The lowest BCUT2D eigenvalue weighted by molar-refractivity contribution is -0.118. The van der Waals surface area contributed by atoms with Crippen LogP contribution in [0.15, 0.2) is 29.0 Å². The van der Waals surface area contributed by atoms with E-state index in [1.54, 1.807) is 29.0 Å². The Morgan fingerprint density at radius 2 is 2.36 bits per heavy atom. The zero-order chi connectivity index (χ0) is 19.1. The first kappa shape index (κ1) is 18.1. The van der Waals surface area contributed by atoms with Gasteiger partial charge >= 0.3 is 0 Å². The lowest BCUT2D eigenvalue weighted by Gasteiger charge is -2.17. The molecule has 4 heterocycles. The van der Waals surface area contributed by atoms with Crippen molar-refractivity contribution in [1.29, 1.82) is 0 Å². The Balaban J connectivity index is 1.36. The fourth-order valence-electron chi connectivity index (χ4n) is 3.60. The van der Waals surface area contributed by atoms with Crippen LogP contribution in [0.4, 0.5) is 0 Å². The predicted octanol–water partition coefficient (Wildman–Crippen LogP) is 3.93. The molecule has 1 N–H and O–H groups in total. The molecular weight excluding hydrogens is 410 g/mol. The Hall–Kier alpha value is -1.97. The van der Waals surface area contributed by atoms with Crippen LogP contribution >= 0.6 is 34.4 Å². The summed E-state index contributed by atoms with van der Waals surface area (Å²) < 4.78 is 1.92. The van der Waals surface area contributed by atoms with Crippen LogP contribution in [0.1, 0.15) is 28.7 Å². The number of aryl methyl sites for hydroxylation is 1. The van der Waals surface area contributed by atoms with Gasteiger partial charge in [0.15, 0.2) is 10.8 Å². The molecule has 5 rings (SSSR count). The molecule has 0 bridgehead atoms. The van der Waals surface area contributed by atoms with Gasteiger partial charge in [0.05, 0.1) is 17.7 Å². The molecule has 4 aromatic heterocycles. The molecule has 0 unspecified atom stereocenters. The van der Waals surface area contributed by atoms with Crippen molar-refractivity contribution in [2.75, 3.05) is 5.75 Å². The summed E-state index contributed by atoms with van der Waals surface area (Å²) in [5.74, 6) is 1.03. The van der Waals surface area contributed by atoms with E-state index in [9.17, 15) is 4.79 Å².